The lowest BCUT2D eigenvalue weighted by Crippen LogP contribution is -2.47. The van der Waals surface area contributed by atoms with Crippen LogP contribution in [0.15, 0.2) is 0 Å². The van der Waals surface area contributed by atoms with Crippen molar-refractivity contribution in [1.29, 1.82) is 0 Å². The van der Waals surface area contributed by atoms with Gasteiger partial charge in [0, 0.05) is 13.0 Å². The zero-order valence-corrected chi connectivity index (χ0v) is 7.98. The Bertz CT molecular complexity index is 197. The molecule has 0 bridgehead atoms. The fourth-order valence-corrected chi connectivity index (χ4v) is 1.71. The average Bonchev–Trinajstić information content (AvgIpc) is 2.19. The van der Waals surface area contributed by atoms with Gasteiger partial charge < -0.3 is 20.1 Å². The van der Waals surface area contributed by atoms with E-state index < -0.39 is 24.3 Å². The monoisotopic (exact) mass is 204 g/mol. The highest BCUT2D eigenvalue weighted by atomic mass is 16.5. The van der Waals surface area contributed by atoms with E-state index in [9.17, 15) is 9.90 Å². The standard InChI is InChI=1S/C9H16O5/c10-6-7(11)5-9(8(12)13)3-1-2-4-14-9/h7,10-11H,1-6H2,(H,12,13)/t7-,9?/m1/s1. The molecular weight excluding hydrogens is 188 g/mol. The molecule has 1 unspecified atom stereocenters. The Morgan fingerprint density at radius 1 is 1.50 bits per heavy atom. The van der Waals surface area contributed by atoms with Gasteiger partial charge in [0.15, 0.2) is 5.60 Å². The van der Waals surface area contributed by atoms with E-state index in [1.54, 1.807) is 0 Å². The smallest absolute Gasteiger partial charge is 0.336 e. The van der Waals surface area contributed by atoms with Crippen molar-refractivity contribution < 1.29 is 24.9 Å². The van der Waals surface area contributed by atoms with Crippen LogP contribution in [-0.4, -0.2) is 46.2 Å². The van der Waals surface area contributed by atoms with E-state index in [0.29, 0.717) is 13.0 Å². The zero-order valence-electron chi connectivity index (χ0n) is 7.98. The summed E-state index contributed by atoms with van der Waals surface area (Å²) in [5.74, 6) is -1.05. The number of carboxylic acids is 1. The number of ether oxygens (including phenoxy) is 1. The second-order valence-electron chi connectivity index (χ2n) is 3.65. The van der Waals surface area contributed by atoms with Crippen molar-refractivity contribution >= 4 is 5.97 Å². The number of carbonyl (C=O) groups is 1. The number of hydrogen-bond acceptors (Lipinski definition) is 4. The van der Waals surface area contributed by atoms with Crippen LogP contribution >= 0.6 is 0 Å². The van der Waals surface area contributed by atoms with Gasteiger partial charge in [-0.25, -0.2) is 4.79 Å². The number of aliphatic carboxylic acids is 1. The number of hydrogen-bond donors (Lipinski definition) is 3. The van der Waals surface area contributed by atoms with Gasteiger partial charge in [0.05, 0.1) is 12.7 Å². The van der Waals surface area contributed by atoms with Crippen LogP contribution in [-0.2, 0) is 9.53 Å². The molecule has 0 aromatic heterocycles. The van der Waals surface area contributed by atoms with Crippen LogP contribution in [0.2, 0.25) is 0 Å². The van der Waals surface area contributed by atoms with Crippen LogP contribution in [0.3, 0.4) is 0 Å². The summed E-state index contributed by atoms with van der Waals surface area (Å²) in [4.78, 5) is 11.0. The van der Waals surface area contributed by atoms with Crippen LogP contribution in [0, 0.1) is 0 Å². The van der Waals surface area contributed by atoms with Crippen LogP contribution in [0.4, 0.5) is 0 Å². The largest absolute Gasteiger partial charge is 0.479 e. The Hall–Kier alpha value is -0.650. The Morgan fingerprint density at radius 3 is 2.64 bits per heavy atom. The molecule has 1 fully saturated rings. The second-order valence-corrected chi connectivity index (χ2v) is 3.65. The quantitative estimate of drug-likeness (QED) is 0.588. The first-order valence-corrected chi connectivity index (χ1v) is 4.77. The highest BCUT2D eigenvalue weighted by Gasteiger charge is 2.42. The van der Waals surface area contributed by atoms with Gasteiger partial charge in [0.25, 0.3) is 0 Å². The van der Waals surface area contributed by atoms with Gasteiger partial charge in [0.1, 0.15) is 0 Å². The SMILES string of the molecule is O=C(O)C1(C[C@@H](O)CO)CCCCO1. The third kappa shape index (κ3) is 2.43. The van der Waals surface area contributed by atoms with Crippen molar-refractivity contribution in [3.05, 3.63) is 0 Å². The summed E-state index contributed by atoms with van der Waals surface area (Å²) in [6.07, 6.45) is 0.969. The lowest BCUT2D eigenvalue weighted by Gasteiger charge is -2.34. The van der Waals surface area contributed by atoms with E-state index in [4.69, 9.17) is 14.9 Å². The van der Waals surface area contributed by atoms with Gasteiger partial charge in [-0.3, -0.25) is 0 Å². The maximum Gasteiger partial charge on any atom is 0.336 e. The molecule has 5 heteroatoms. The maximum atomic E-state index is 11.0. The molecule has 0 saturated carbocycles. The van der Waals surface area contributed by atoms with Gasteiger partial charge in [-0.2, -0.15) is 0 Å². The van der Waals surface area contributed by atoms with Crippen LogP contribution < -0.4 is 0 Å². The normalized spacial score (nSPS) is 29.9. The lowest BCUT2D eigenvalue weighted by molar-refractivity contribution is -0.178. The molecule has 1 aliphatic heterocycles. The molecule has 1 aliphatic rings. The first-order valence-electron chi connectivity index (χ1n) is 4.77. The molecule has 0 radical (unpaired) electrons. The van der Waals surface area contributed by atoms with Crippen molar-refractivity contribution in [1.82, 2.24) is 0 Å². The van der Waals surface area contributed by atoms with Gasteiger partial charge in [-0.15, -0.1) is 0 Å². The summed E-state index contributed by atoms with van der Waals surface area (Å²) >= 11 is 0. The number of rotatable bonds is 4. The van der Waals surface area contributed by atoms with Gasteiger partial charge >= 0.3 is 5.97 Å². The topological polar surface area (TPSA) is 87.0 Å². The molecule has 0 amide bonds. The number of aliphatic hydroxyl groups is 2. The van der Waals surface area contributed by atoms with Crippen molar-refractivity contribution in [2.24, 2.45) is 0 Å². The van der Waals surface area contributed by atoms with Crippen LogP contribution in [0.1, 0.15) is 25.7 Å². The molecule has 5 nitrogen and oxygen atoms in total. The molecule has 82 valence electrons. The van der Waals surface area contributed by atoms with Crippen molar-refractivity contribution in [3.8, 4) is 0 Å². The molecule has 0 spiro atoms. The second kappa shape index (κ2) is 4.72. The van der Waals surface area contributed by atoms with Crippen molar-refractivity contribution in [2.45, 2.75) is 37.4 Å². The van der Waals surface area contributed by atoms with Crippen LogP contribution in [0.5, 0.6) is 0 Å². The third-order valence-electron chi connectivity index (χ3n) is 2.52. The van der Waals surface area contributed by atoms with Crippen molar-refractivity contribution in [2.75, 3.05) is 13.2 Å². The van der Waals surface area contributed by atoms with Crippen LogP contribution in [0.25, 0.3) is 0 Å². The Morgan fingerprint density at radius 2 is 2.21 bits per heavy atom. The van der Waals surface area contributed by atoms with E-state index >= 15 is 0 Å². The van der Waals surface area contributed by atoms with E-state index in [-0.39, 0.29) is 6.42 Å². The molecule has 1 saturated heterocycles. The fraction of sp³-hybridized carbons (Fsp3) is 0.889. The predicted octanol–water partition coefficient (Wildman–Crippen LogP) is -0.246. The van der Waals surface area contributed by atoms with Gasteiger partial charge in [-0.05, 0) is 19.3 Å². The molecule has 3 N–H and O–H groups in total. The minimum Gasteiger partial charge on any atom is -0.479 e. The minimum absolute atomic E-state index is 0.0428. The Balaban J connectivity index is 2.65. The molecule has 0 aliphatic carbocycles. The summed E-state index contributed by atoms with van der Waals surface area (Å²) in [5, 5.41) is 26.9. The van der Waals surface area contributed by atoms with E-state index in [2.05, 4.69) is 0 Å². The summed E-state index contributed by atoms with van der Waals surface area (Å²) in [6.45, 7) is -0.0250. The van der Waals surface area contributed by atoms with Gasteiger partial charge in [-0.1, -0.05) is 0 Å². The number of carboxylic acid groups (broad SMARTS) is 1. The molecular formula is C9H16O5. The summed E-state index contributed by atoms with van der Waals surface area (Å²) in [5.41, 5.74) is -1.29. The summed E-state index contributed by atoms with van der Waals surface area (Å²) in [7, 11) is 0. The molecule has 0 aromatic carbocycles. The van der Waals surface area contributed by atoms with Gasteiger partial charge in [0.2, 0.25) is 0 Å². The minimum atomic E-state index is -1.29. The first-order chi connectivity index (χ1) is 6.60. The number of aliphatic hydroxyl groups excluding tert-OH is 2. The summed E-state index contributed by atoms with van der Waals surface area (Å²) < 4.78 is 5.23. The van der Waals surface area contributed by atoms with Crippen molar-refractivity contribution in [3.63, 3.8) is 0 Å². The molecule has 0 aromatic rings. The Labute approximate surface area is 82.3 Å². The predicted molar refractivity (Wildman–Crippen MR) is 47.9 cm³/mol. The lowest BCUT2D eigenvalue weighted by atomic mass is 9.88. The van der Waals surface area contributed by atoms with E-state index in [0.717, 1.165) is 12.8 Å². The third-order valence-corrected chi connectivity index (χ3v) is 2.52. The average molecular weight is 204 g/mol. The first kappa shape index (κ1) is 11.4. The molecule has 1 rings (SSSR count). The van der Waals surface area contributed by atoms with E-state index in [1.165, 1.54) is 0 Å². The summed E-state index contributed by atoms with van der Waals surface area (Å²) in [6, 6.07) is 0. The molecule has 2 atom stereocenters. The fourth-order valence-electron chi connectivity index (χ4n) is 1.71. The maximum absolute atomic E-state index is 11.0. The zero-order chi connectivity index (χ0) is 10.6. The van der Waals surface area contributed by atoms with E-state index in [1.807, 2.05) is 0 Å². The highest BCUT2D eigenvalue weighted by molar-refractivity contribution is 5.77. The highest BCUT2D eigenvalue weighted by Crippen LogP contribution is 2.29. The Kier molecular flexibility index (Phi) is 3.86. The molecule has 1 heterocycles. The molecule has 14 heavy (non-hydrogen) atoms.